The fourth-order valence-electron chi connectivity index (χ4n) is 2.80. The van der Waals surface area contributed by atoms with E-state index in [1.807, 2.05) is 0 Å². The number of aryl methyl sites for hydroxylation is 2. The van der Waals surface area contributed by atoms with Crippen LogP contribution in [0.3, 0.4) is 0 Å². The lowest BCUT2D eigenvalue weighted by Gasteiger charge is -2.15. The van der Waals surface area contributed by atoms with Crippen molar-refractivity contribution in [3.05, 3.63) is 68.8 Å². The van der Waals surface area contributed by atoms with Crippen LogP contribution in [0.25, 0.3) is 0 Å². The van der Waals surface area contributed by atoms with Crippen LogP contribution in [0.2, 0.25) is 0 Å². The molecule has 0 heterocycles. The van der Waals surface area contributed by atoms with E-state index < -0.39 is 28.8 Å². The second kappa shape index (κ2) is 10.3. The Hall–Kier alpha value is -3.79. The van der Waals surface area contributed by atoms with E-state index in [9.17, 15) is 24.5 Å². The van der Waals surface area contributed by atoms with Crippen LogP contribution in [0.5, 0.6) is 0 Å². The Bertz CT molecular complexity index is 1020. The summed E-state index contributed by atoms with van der Waals surface area (Å²) in [5.41, 5.74) is 7.38. The highest BCUT2D eigenvalue weighted by Gasteiger charge is 2.18. The van der Waals surface area contributed by atoms with E-state index in [-0.39, 0.29) is 30.7 Å². The van der Waals surface area contributed by atoms with Crippen LogP contribution >= 0.6 is 0 Å². The predicted molar refractivity (Wildman–Crippen MR) is 112 cm³/mol. The van der Waals surface area contributed by atoms with Gasteiger partial charge >= 0.3 is 11.9 Å². The lowest BCUT2D eigenvalue weighted by molar-refractivity contribution is -0.385. The lowest BCUT2D eigenvalue weighted by atomic mass is 10.1. The van der Waals surface area contributed by atoms with Crippen molar-refractivity contribution in [2.45, 2.75) is 39.3 Å². The molecule has 4 N–H and O–H groups in total. The van der Waals surface area contributed by atoms with Gasteiger partial charge in [0.15, 0.2) is 0 Å². The summed E-state index contributed by atoms with van der Waals surface area (Å²) in [5.74, 6) is -2.35. The van der Waals surface area contributed by atoms with Gasteiger partial charge in [-0.15, -0.1) is 0 Å². The highest BCUT2D eigenvalue weighted by molar-refractivity contribution is 5.93. The van der Waals surface area contributed by atoms with E-state index in [0.717, 1.165) is 11.6 Å². The number of para-hydroxylation sites is 1. The third kappa shape index (κ3) is 6.34. The Labute approximate surface area is 178 Å². The van der Waals surface area contributed by atoms with Gasteiger partial charge in [-0.3, -0.25) is 19.7 Å². The molecule has 0 bridgehead atoms. The Balaban J connectivity index is 2.09. The van der Waals surface area contributed by atoms with Crippen LogP contribution in [-0.4, -0.2) is 33.9 Å². The number of benzene rings is 2. The van der Waals surface area contributed by atoms with Crippen LogP contribution in [-0.2, 0) is 20.9 Å². The first-order valence-corrected chi connectivity index (χ1v) is 9.39. The van der Waals surface area contributed by atoms with Gasteiger partial charge < -0.3 is 20.9 Å². The van der Waals surface area contributed by atoms with E-state index in [1.165, 1.54) is 12.1 Å². The zero-order valence-electron chi connectivity index (χ0n) is 17.1. The standard InChI is InChI=1S/C21H23N3O7/c1-12-6-7-14(10-17(12)24(29)30)21(28)31-11-15-5-3-4-13(2)19(15)23-18(25)9-8-16(22)20(26)27/h3-7,10,16H,8-9,11,22H2,1-2H3,(H,23,25)(H,26,27)/t16-/m0/s1. The SMILES string of the molecule is Cc1ccc(C(=O)OCc2cccc(C)c2NC(=O)CC[C@H](N)C(=O)O)cc1[N+](=O)[O-]. The molecule has 0 saturated carbocycles. The largest absolute Gasteiger partial charge is 0.480 e. The zero-order valence-corrected chi connectivity index (χ0v) is 17.1. The lowest BCUT2D eigenvalue weighted by Crippen LogP contribution is -2.31. The molecule has 0 radical (unpaired) electrons. The number of nitrogens with one attached hydrogen (secondary N) is 1. The molecular weight excluding hydrogens is 406 g/mol. The monoisotopic (exact) mass is 429 g/mol. The van der Waals surface area contributed by atoms with Crippen molar-refractivity contribution in [1.29, 1.82) is 0 Å². The van der Waals surface area contributed by atoms with E-state index in [1.54, 1.807) is 32.0 Å². The number of amides is 1. The first-order valence-electron chi connectivity index (χ1n) is 9.39. The molecule has 1 atom stereocenters. The molecule has 0 spiro atoms. The van der Waals surface area contributed by atoms with Crippen molar-refractivity contribution in [3.8, 4) is 0 Å². The fourth-order valence-corrected chi connectivity index (χ4v) is 2.80. The van der Waals surface area contributed by atoms with Crippen molar-refractivity contribution in [2.75, 3.05) is 5.32 Å². The minimum absolute atomic E-state index is 0.0242. The minimum Gasteiger partial charge on any atom is -0.480 e. The van der Waals surface area contributed by atoms with E-state index in [2.05, 4.69) is 5.32 Å². The molecule has 0 aliphatic carbocycles. The number of esters is 1. The molecule has 1 amide bonds. The number of aliphatic carboxylic acids is 1. The highest BCUT2D eigenvalue weighted by atomic mass is 16.6. The number of rotatable bonds is 9. The van der Waals surface area contributed by atoms with Gasteiger partial charge in [-0.1, -0.05) is 24.3 Å². The molecule has 164 valence electrons. The number of nitrogens with two attached hydrogens (primary N) is 1. The number of carboxylic acids is 1. The van der Waals surface area contributed by atoms with Crippen LogP contribution in [0.15, 0.2) is 36.4 Å². The molecule has 31 heavy (non-hydrogen) atoms. The molecule has 0 unspecified atom stereocenters. The maximum absolute atomic E-state index is 12.4. The summed E-state index contributed by atoms with van der Waals surface area (Å²) in [6.45, 7) is 3.15. The quantitative estimate of drug-likeness (QED) is 0.311. The first-order chi connectivity index (χ1) is 14.6. The molecule has 10 heteroatoms. The number of nitro benzene ring substituents is 1. The number of hydrogen-bond acceptors (Lipinski definition) is 7. The van der Waals surface area contributed by atoms with Gasteiger partial charge in [0.05, 0.1) is 16.2 Å². The fraction of sp³-hybridized carbons (Fsp3) is 0.286. The van der Waals surface area contributed by atoms with Gasteiger partial charge in [0.2, 0.25) is 5.91 Å². The van der Waals surface area contributed by atoms with Gasteiger partial charge in [-0.05, 0) is 31.9 Å². The predicted octanol–water partition coefficient (Wildman–Crippen LogP) is 2.70. The number of nitro groups is 1. The summed E-state index contributed by atoms with van der Waals surface area (Å²) in [6, 6.07) is 8.07. The Morgan fingerprint density at radius 2 is 1.90 bits per heavy atom. The Kier molecular flexibility index (Phi) is 7.81. The number of carbonyl (C=O) groups excluding carboxylic acids is 2. The van der Waals surface area contributed by atoms with Gasteiger partial charge in [-0.25, -0.2) is 4.79 Å². The first kappa shape index (κ1) is 23.5. The highest BCUT2D eigenvalue weighted by Crippen LogP contribution is 2.24. The van der Waals surface area contributed by atoms with Gasteiger partial charge in [0.25, 0.3) is 5.69 Å². The Morgan fingerprint density at radius 3 is 2.55 bits per heavy atom. The number of ether oxygens (including phenoxy) is 1. The third-order valence-electron chi connectivity index (χ3n) is 4.62. The molecule has 0 aliphatic rings. The average molecular weight is 429 g/mol. The third-order valence-corrected chi connectivity index (χ3v) is 4.62. The van der Waals surface area contributed by atoms with Gasteiger partial charge in [-0.2, -0.15) is 0 Å². The van der Waals surface area contributed by atoms with E-state index >= 15 is 0 Å². The van der Waals surface area contributed by atoms with Crippen molar-refractivity contribution in [3.63, 3.8) is 0 Å². The molecule has 0 fully saturated rings. The summed E-state index contributed by atoms with van der Waals surface area (Å²) < 4.78 is 5.29. The summed E-state index contributed by atoms with van der Waals surface area (Å²) in [5, 5.41) is 22.6. The smallest absolute Gasteiger partial charge is 0.338 e. The molecule has 2 aromatic rings. The molecular formula is C21H23N3O7. The number of hydrogen-bond donors (Lipinski definition) is 3. The maximum atomic E-state index is 12.4. The van der Waals surface area contributed by atoms with Gasteiger partial charge in [0.1, 0.15) is 12.6 Å². The van der Waals surface area contributed by atoms with Crippen molar-refractivity contribution in [2.24, 2.45) is 5.73 Å². The summed E-state index contributed by atoms with van der Waals surface area (Å²) in [7, 11) is 0. The number of carboxylic acid groups (broad SMARTS) is 1. The van der Waals surface area contributed by atoms with Gasteiger partial charge in [0, 0.05) is 23.6 Å². The number of carbonyl (C=O) groups is 3. The van der Waals surface area contributed by atoms with Crippen LogP contribution in [0.4, 0.5) is 11.4 Å². The van der Waals surface area contributed by atoms with E-state index in [4.69, 9.17) is 15.6 Å². The van der Waals surface area contributed by atoms with Crippen LogP contribution in [0.1, 0.15) is 39.9 Å². The average Bonchev–Trinajstić information content (AvgIpc) is 2.72. The second-order valence-corrected chi connectivity index (χ2v) is 6.98. The summed E-state index contributed by atoms with van der Waals surface area (Å²) in [4.78, 5) is 45.8. The maximum Gasteiger partial charge on any atom is 0.338 e. The molecule has 2 aromatic carbocycles. The second-order valence-electron chi connectivity index (χ2n) is 6.98. The van der Waals surface area contributed by atoms with Crippen molar-refractivity contribution in [1.82, 2.24) is 0 Å². The van der Waals surface area contributed by atoms with Crippen LogP contribution < -0.4 is 11.1 Å². The number of nitrogens with zero attached hydrogens (tertiary/aromatic N) is 1. The number of anilines is 1. The molecule has 0 aliphatic heterocycles. The molecule has 0 saturated heterocycles. The Morgan fingerprint density at radius 1 is 1.19 bits per heavy atom. The van der Waals surface area contributed by atoms with E-state index in [0.29, 0.717) is 16.8 Å². The van der Waals surface area contributed by atoms with Crippen molar-refractivity contribution < 1.29 is 29.2 Å². The zero-order chi connectivity index (χ0) is 23.1. The summed E-state index contributed by atoms with van der Waals surface area (Å²) in [6.07, 6.45) is -0.113. The molecule has 2 rings (SSSR count). The topological polar surface area (TPSA) is 162 Å². The molecule has 0 aromatic heterocycles. The van der Waals surface area contributed by atoms with Crippen molar-refractivity contribution >= 4 is 29.2 Å². The normalized spacial score (nSPS) is 11.5. The summed E-state index contributed by atoms with van der Waals surface area (Å²) >= 11 is 0. The molecule has 10 nitrogen and oxygen atoms in total. The van der Waals surface area contributed by atoms with Crippen LogP contribution in [0, 0.1) is 24.0 Å². The minimum atomic E-state index is -1.19.